The molecule has 25 heavy (non-hydrogen) atoms. The molecule has 3 rings (SSSR count). The van der Waals surface area contributed by atoms with E-state index in [4.69, 9.17) is 0 Å². The van der Waals surface area contributed by atoms with Gasteiger partial charge in [0.05, 0.1) is 17.8 Å². The minimum Gasteiger partial charge on any atom is -0.394 e. The van der Waals surface area contributed by atoms with Gasteiger partial charge in [0.15, 0.2) is 5.82 Å². The highest BCUT2D eigenvalue weighted by Crippen LogP contribution is 2.39. The number of carbonyl (C=O) groups excluding carboxylic acids is 1. The maximum absolute atomic E-state index is 12.1. The molecule has 0 aliphatic heterocycles. The van der Waals surface area contributed by atoms with Crippen molar-refractivity contribution in [3.8, 4) is 5.82 Å². The van der Waals surface area contributed by atoms with Crippen molar-refractivity contribution in [1.82, 2.24) is 25.4 Å². The van der Waals surface area contributed by atoms with Gasteiger partial charge in [0.1, 0.15) is 0 Å². The van der Waals surface area contributed by atoms with E-state index in [1.165, 1.54) is 0 Å². The van der Waals surface area contributed by atoms with E-state index in [0.717, 1.165) is 35.6 Å². The van der Waals surface area contributed by atoms with E-state index in [0.29, 0.717) is 12.5 Å². The van der Waals surface area contributed by atoms with Crippen molar-refractivity contribution >= 4 is 6.03 Å². The van der Waals surface area contributed by atoms with Gasteiger partial charge in [0.2, 0.25) is 0 Å². The SMILES string of the molecule is Cc1cc(C)n(-c2ccc(CNC(=O)NC(C)(CO)C3CC3)cn2)n1. The van der Waals surface area contributed by atoms with Crippen LogP contribution in [-0.2, 0) is 6.54 Å². The summed E-state index contributed by atoms with van der Waals surface area (Å²) in [4.78, 5) is 16.5. The molecule has 0 saturated heterocycles. The normalized spacial score (nSPS) is 16.3. The second-order valence-electron chi connectivity index (χ2n) is 7.02. The standard InChI is InChI=1S/C18H25N5O2/c1-12-8-13(2)23(22-12)16-7-4-14(9-19-16)10-20-17(25)21-18(3,11-24)15-5-6-15/h4,7-9,15,24H,5-6,10-11H2,1-3H3,(H2,20,21,25). The number of pyridine rings is 1. The van der Waals surface area contributed by atoms with Crippen LogP contribution >= 0.6 is 0 Å². The minimum atomic E-state index is -0.540. The molecule has 0 aromatic carbocycles. The third-order valence-electron chi connectivity index (χ3n) is 4.69. The monoisotopic (exact) mass is 343 g/mol. The number of urea groups is 1. The molecular weight excluding hydrogens is 318 g/mol. The molecular formula is C18H25N5O2. The summed E-state index contributed by atoms with van der Waals surface area (Å²) < 4.78 is 1.79. The molecule has 7 heteroatoms. The van der Waals surface area contributed by atoms with Crippen molar-refractivity contribution in [2.75, 3.05) is 6.61 Å². The van der Waals surface area contributed by atoms with Crippen LogP contribution in [-0.4, -0.2) is 38.0 Å². The fourth-order valence-electron chi connectivity index (χ4n) is 2.98. The Morgan fingerprint density at radius 2 is 2.16 bits per heavy atom. The lowest BCUT2D eigenvalue weighted by Crippen LogP contribution is -2.53. The number of aryl methyl sites for hydroxylation is 2. The van der Waals surface area contributed by atoms with Gasteiger partial charge in [-0.3, -0.25) is 0 Å². The van der Waals surface area contributed by atoms with Crippen LogP contribution in [0, 0.1) is 19.8 Å². The Hall–Kier alpha value is -2.41. The highest BCUT2D eigenvalue weighted by atomic mass is 16.3. The summed E-state index contributed by atoms with van der Waals surface area (Å²) in [7, 11) is 0. The summed E-state index contributed by atoms with van der Waals surface area (Å²) in [5, 5.41) is 19.7. The first-order valence-electron chi connectivity index (χ1n) is 8.57. The van der Waals surface area contributed by atoms with Crippen LogP contribution < -0.4 is 10.6 Å². The Morgan fingerprint density at radius 1 is 1.40 bits per heavy atom. The maximum Gasteiger partial charge on any atom is 0.315 e. The molecule has 2 amide bonds. The van der Waals surface area contributed by atoms with E-state index >= 15 is 0 Å². The third kappa shape index (κ3) is 3.99. The second kappa shape index (κ2) is 6.84. The summed E-state index contributed by atoms with van der Waals surface area (Å²) in [6.45, 7) is 6.14. The predicted octanol–water partition coefficient (Wildman–Crippen LogP) is 1.84. The summed E-state index contributed by atoms with van der Waals surface area (Å²) in [6.07, 6.45) is 3.84. The molecule has 3 N–H and O–H groups in total. The lowest BCUT2D eigenvalue weighted by molar-refractivity contribution is 0.155. The van der Waals surface area contributed by atoms with Gasteiger partial charge in [-0.15, -0.1) is 0 Å². The fraction of sp³-hybridized carbons (Fsp3) is 0.500. The fourth-order valence-corrected chi connectivity index (χ4v) is 2.98. The number of rotatable bonds is 6. The summed E-state index contributed by atoms with van der Waals surface area (Å²) >= 11 is 0. The number of aromatic nitrogens is 3. The summed E-state index contributed by atoms with van der Waals surface area (Å²) in [6, 6.07) is 5.53. The smallest absolute Gasteiger partial charge is 0.315 e. The molecule has 0 spiro atoms. The lowest BCUT2D eigenvalue weighted by atomic mass is 9.97. The van der Waals surface area contributed by atoms with E-state index in [9.17, 15) is 9.90 Å². The van der Waals surface area contributed by atoms with Gasteiger partial charge in [0, 0.05) is 18.4 Å². The van der Waals surface area contributed by atoms with Crippen molar-refractivity contribution < 1.29 is 9.90 Å². The van der Waals surface area contributed by atoms with E-state index in [-0.39, 0.29) is 12.6 Å². The van der Waals surface area contributed by atoms with Gasteiger partial charge >= 0.3 is 6.03 Å². The molecule has 2 aromatic heterocycles. The van der Waals surface area contributed by atoms with E-state index < -0.39 is 5.54 Å². The number of aliphatic hydroxyl groups excluding tert-OH is 1. The van der Waals surface area contributed by atoms with Crippen molar-refractivity contribution in [3.05, 3.63) is 41.3 Å². The summed E-state index contributed by atoms with van der Waals surface area (Å²) in [5.41, 5.74) is 2.34. The van der Waals surface area contributed by atoms with Gasteiger partial charge < -0.3 is 15.7 Å². The van der Waals surface area contributed by atoms with Crippen LogP contribution in [0.15, 0.2) is 24.4 Å². The number of amides is 2. The van der Waals surface area contributed by atoms with Gasteiger partial charge in [-0.25, -0.2) is 14.5 Å². The third-order valence-corrected chi connectivity index (χ3v) is 4.69. The molecule has 1 fully saturated rings. The molecule has 2 heterocycles. The molecule has 1 saturated carbocycles. The zero-order chi connectivity index (χ0) is 18.0. The largest absolute Gasteiger partial charge is 0.394 e. The van der Waals surface area contributed by atoms with Crippen LogP contribution in [0.1, 0.15) is 36.7 Å². The zero-order valence-electron chi connectivity index (χ0n) is 14.9. The minimum absolute atomic E-state index is 0.0516. The first-order chi connectivity index (χ1) is 11.9. The molecule has 1 aliphatic carbocycles. The number of hydrogen-bond acceptors (Lipinski definition) is 4. The number of carbonyl (C=O) groups is 1. The highest BCUT2D eigenvalue weighted by Gasteiger charge is 2.42. The quantitative estimate of drug-likeness (QED) is 0.746. The van der Waals surface area contributed by atoms with E-state index in [1.54, 1.807) is 10.9 Å². The van der Waals surface area contributed by atoms with Crippen LogP contribution in [0.4, 0.5) is 4.79 Å². The van der Waals surface area contributed by atoms with Crippen LogP contribution in [0.5, 0.6) is 0 Å². The van der Waals surface area contributed by atoms with Crippen molar-refractivity contribution in [1.29, 1.82) is 0 Å². The van der Waals surface area contributed by atoms with Crippen LogP contribution in [0.25, 0.3) is 5.82 Å². The first kappa shape index (κ1) is 17.4. The number of aliphatic hydroxyl groups is 1. The van der Waals surface area contributed by atoms with Gasteiger partial charge in [-0.2, -0.15) is 5.10 Å². The number of hydrogen-bond donors (Lipinski definition) is 3. The Labute approximate surface area is 147 Å². The molecule has 1 atom stereocenters. The molecule has 0 radical (unpaired) electrons. The molecule has 1 unspecified atom stereocenters. The van der Waals surface area contributed by atoms with E-state index in [2.05, 4.69) is 20.7 Å². The Bertz CT molecular complexity index is 751. The van der Waals surface area contributed by atoms with Crippen molar-refractivity contribution in [2.24, 2.45) is 5.92 Å². The zero-order valence-corrected chi connectivity index (χ0v) is 14.9. The average molecular weight is 343 g/mol. The van der Waals surface area contributed by atoms with Gasteiger partial charge in [0.25, 0.3) is 0 Å². The van der Waals surface area contributed by atoms with Gasteiger partial charge in [-0.1, -0.05) is 6.07 Å². The number of nitrogens with zero attached hydrogens (tertiary/aromatic N) is 3. The summed E-state index contributed by atoms with van der Waals surface area (Å²) in [5.74, 6) is 1.12. The van der Waals surface area contributed by atoms with E-state index in [1.807, 2.05) is 39.0 Å². The van der Waals surface area contributed by atoms with Crippen molar-refractivity contribution in [3.63, 3.8) is 0 Å². The average Bonchev–Trinajstić information content (AvgIpc) is 3.39. The molecule has 0 bridgehead atoms. The van der Waals surface area contributed by atoms with Crippen LogP contribution in [0.3, 0.4) is 0 Å². The first-order valence-corrected chi connectivity index (χ1v) is 8.57. The predicted molar refractivity (Wildman–Crippen MR) is 94.4 cm³/mol. The Kier molecular flexibility index (Phi) is 4.76. The Morgan fingerprint density at radius 3 is 2.68 bits per heavy atom. The number of nitrogens with one attached hydrogen (secondary N) is 2. The van der Waals surface area contributed by atoms with Gasteiger partial charge in [-0.05, 0) is 57.2 Å². The lowest BCUT2D eigenvalue weighted by Gasteiger charge is -2.28. The molecule has 7 nitrogen and oxygen atoms in total. The molecule has 1 aliphatic rings. The topological polar surface area (TPSA) is 92.1 Å². The Balaban J connectivity index is 1.57. The maximum atomic E-state index is 12.1. The molecule has 2 aromatic rings. The second-order valence-corrected chi connectivity index (χ2v) is 7.02. The van der Waals surface area contributed by atoms with Crippen LogP contribution in [0.2, 0.25) is 0 Å². The van der Waals surface area contributed by atoms with Crippen molar-refractivity contribution in [2.45, 2.75) is 45.7 Å². The molecule has 134 valence electrons. The highest BCUT2D eigenvalue weighted by molar-refractivity contribution is 5.74.